The molecule has 0 fully saturated rings. The molecule has 8 nitrogen and oxygen atoms in total. The fourth-order valence-corrected chi connectivity index (χ4v) is 2.24. The van der Waals surface area contributed by atoms with E-state index in [0.29, 0.717) is 12.8 Å². The molecular weight excluding hydrogens is 364 g/mol. The first kappa shape index (κ1) is 22.9. The van der Waals surface area contributed by atoms with E-state index in [-0.39, 0.29) is 11.5 Å². The molecule has 0 amide bonds. The largest absolute Gasteiger partial charge is 0.508 e. The lowest BCUT2D eigenvalue weighted by Gasteiger charge is -2.08. The van der Waals surface area contributed by atoms with Gasteiger partial charge in [-0.1, -0.05) is 24.3 Å². The van der Waals surface area contributed by atoms with E-state index in [1.807, 2.05) is 0 Å². The summed E-state index contributed by atoms with van der Waals surface area (Å²) < 4.78 is 8.99. The number of carbonyl (C=O) groups excluding carboxylic acids is 2. The molecule has 28 heavy (non-hydrogen) atoms. The molecule has 0 spiro atoms. The molecule has 2 atom stereocenters. The Labute approximate surface area is 163 Å². The van der Waals surface area contributed by atoms with Crippen LogP contribution in [-0.2, 0) is 31.9 Å². The van der Waals surface area contributed by atoms with Crippen LogP contribution in [0.15, 0.2) is 48.5 Å². The standard InChI is InChI=1S/2C10H13NO3/c2*1-14-10(13)9(11)6-7-2-4-8(12)5-3-7/h2*2-5,9,12H,6,11H2,1H3. The molecule has 152 valence electrons. The average Bonchev–Trinajstić information content (AvgIpc) is 2.70. The number of esters is 2. The van der Waals surface area contributed by atoms with Gasteiger partial charge in [-0.25, -0.2) is 0 Å². The maximum absolute atomic E-state index is 11.0. The summed E-state index contributed by atoms with van der Waals surface area (Å²) in [4.78, 5) is 22.0. The molecule has 6 N–H and O–H groups in total. The quantitative estimate of drug-likeness (QED) is 0.532. The maximum atomic E-state index is 11.0. The van der Waals surface area contributed by atoms with Crippen molar-refractivity contribution in [1.29, 1.82) is 0 Å². The van der Waals surface area contributed by atoms with Crippen molar-refractivity contribution in [2.45, 2.75) is 24.9 Å². The predicted octanol–water partition coefficient (Wildman–Crippen LogP) is 0.870. The third-order valence-electron chi connectivity index (χ3n) is 3.79. The van der Waals surface area contributed by atoms with Gasteiger partial charge in [0.2, 0.25) is 0 Å². The van der Waals surface area contributed by atoms with Gasteiger partial charge in [0.05, 0.1) is 14.2 Å². The van der Waals surface area contributed by atoms with Gasteiger partial charge in [-0.15, -0.1) is 0 Å². The highest BCUT2D eigenvalue weighted by atomic mass is 16.5. The normalized spacial score (nSPS) is 12.1. The molecule has 2 unspecified atom stereocenters. The number of nitrogens with two attached hydrogens (primary N) is 2. The molecule has 2 aromatic carbocycles. The molecule has 0 aliphatic carbocycles. The summed E-state index contributed by atoms with van der Waals surface area (Å²) in [5.41, 5.74) is 12.9. The number of ether oxygens (including phenoxy) is 2. The molecular formula is C20H26N2O6. The van der Waals surface area contributed by atoms with Gasteiger partial charge >= 0.3 is 11.9 Å². The molecule has 0 aliphatic heterocycles. The van der Waals surface area contributed by atoms with Crippen LogP contribution in [0.1, 0.15) is 11.1 Å². The van der Waals surface area contributed by atoms with Crippen LogP contribution in [0, 0.1) is 0 Å². The number of aromatic hydroxyl groups is 2. The van der Waals surface area contributed by atoms with Crippen LogP contribution in [-0.4, -0.2) is 48.5 Å². The fourth-order valence-electron chi connectivity index (χ4n) is 2.24. The SMILES string of the molecule is COC(=O)C(N)Cc1ccc(O)cc1.COC(=O)C(N)Cc1ccc(O)cc1. The van der Waals surface area contributed by atoms with E-state index in [0.717, 1.165) is 11.1 Å². The van der Waals surface area contributed by atoms with Crippen LogP contribution >= 0.6 is 0 Å². The van der Waals surface area contributed by atoms with Gasteiger partial charge in [-0.05, 0) is 48.2 Å². The zero-order valence-corrected chi connectivity index (χ0v) is 15.9. The zero-order valence-electron chi connectivity index (χ0n) is 15.9. The topological polar surface area (TPSA) is 145 Å². The van der Waals surface area contributed by atoms with Crippen molar-refractivity contribution >= 4 is 11.9 Å². The average molecular weight is 390 g/mol. The summed E-state index contributed by atoms with van der Waals surface area (Å²) in [6, 6.07) is 11.8. The number of hydrogen-bond donors (Lipinski definition) is 4. The van der Waals surface area contributed by atoms with Crippen LogP contribution in [0.25, 0.3) is 0 Å². The number of carbonyl (C=O) groups is 2. The molecule has 2 aromatic rings. The van der Waals surface area contributed by atoms with Crippen molar-refractivity contribution in [3.8, 4) is 11.5 Å². The second-order valence-corrected chi connectivity index (χ2v) is 6.00. The predicted molar refractivity (Wildman–Crippen MR) is 104 cm³/mol. The van der Waals surface area contributed by atoms with Crippen LogP contribution < -0.4 is 11.5 Å². The van der Waals surface area contributed by atoms with Crippen molar-refractivity contribution in [1.82, 2.24) is 0 Å². The lowest BCUT2D eigenvalue weighted by molar-refractivity contribution is -0.142. The molecule has 0 saturated heterocycles. The van der Waals surface area contributed by atoms with Crippen LogP contribution in [0.5, 0.6) is 11.5 Å². The lowest BCUT2D eigenvalue weighted by Crippen LogP contribution is -2.33. The van der Waals surface area contributed by atoms with Crippen LogP contribution in [0.4, 0.5) is 0 Å². The van der Waals surface area contributed by atoms with E-state index < -0.39 is 24.0 Å². The Hall–Kier alpha value is -3.10. The first-order chi connectivity index (χ1) is 13.3. The smallest absolute Gasteiger partial charge is 0.322 e. The number of phenolic OH excluding ortho intramolecular Hbond substituents is 2. The van der Waals surface area contributed by atoms with E-state index >= 15 is 0 Å². The summed E-state index contributed by atoms with van der Waals surface area (Å²) in [7, 11) is 2.61. The Kier molecular flexibility index (Phi) is 9.49. The summed E-state index contributed by atoms with van der Waals surface area (Å²) >= 11 is 0. The molecule has 0 radical (unpaired) electrons. The van der Waals surface area contributed by atoms with E-state index in [2.05, 4.69) is 9.47 Å². The summed E-state index contributed by atoms with van der Waals surface area (Å²) in [5.74, 6) is -0.475. The van der Waals surface area contributed by atoms with Crippen molar-refractivity contribution in [3.05, 3.63) is 59.7 Å². The van der Waals surface area contributed by atoms with Gasteiger partial charge < -0.3 is 31.2 Å². The second-order valence-electron chi connectivity index (χ2n) is 6.00. The number of methoxy groups -OCH3 is 2. The molecule has 0 saturated carbocycles. The monoisotopic (exact) mass is 390 g/mol. The van der Waals surface area contributed by atoms with Crippen molar-refractivity contribution in [2.75, 3.05) is 14.2 Å². The Morgan fingerprint density at radius 1 is 0.750 bits per heavy atom. The number of benzene rings is 2. The Morgan fingerprint density at radius 3 is 1.29 bits per heavy atom. The number of rotatable bonds is 6. The van der Waals surface area contributed by atoms with E-state index in [1.165, 1.54) is 14.2 Å². The van der Waals surface area contributed by atoms with Gasteiger partial charge in [0, 0.05) is 0 Å². The van der Waals surface area contributed by atoms with Gasteiger partial charge in [0.25, 0.3) is 0 Å². The number of phenols is 2. The molecule has 8 heteroatoms. The van der Waals surface area contributed by atoms with Gasteiger partial charge in [-0.3, -0.25) is 9.59 Å². The first-order valence-corrected chi connectivity index (χ1v) is 8.49. The minimum Gasteiger partial charge on any atom is -0.508 e. The zero-order chi connectivity index (χ0) is 21.1. The third-order valence-corrected chi connectivity index (χ3v) is 3.79. The van der Waals surface area contributed by atoms with Gasteiger partial charge in [-0.2, -0.15) is 0 Å². The molecule has 0 heterocycles. The van der Waals surface area contributed by atoms with E-state index in [4.69, 9.17) is 21.7 Å². The fraction of sp³-hybridized carbons (Fsp3) is 0.300. The van der Waals surface area contributed by atoms with Crippen molar-refractivity contribution < 1.29 is 29.3 Å². The molecule has 0 bridgehead atoms. The van der Waals surface area contributed by atoms with Gasteiger partial charge in [0.1, 0.15) is 23.6 Å². The second kappa shape index (κ2) is 11.6. The highest BCUT2D eigenvalue weighted by molar-refractivity contribution is 5.76. The lowest BCUT2D eigenvalue weighted by atomic mass is 10.1. The molecule has 0 aromatic heterocycles. The first-order valence-electron chi connectivity index (χ1n) is 8.49. The number of hydrogen-bond acceptors (Lipinski definition) is 8. The summed E-state index contributed by atoms with van der Waals surface area (Å²) in [6.45, 7) is 0. The highest BCUT2D eigenvalue weighted by Gasteiger charge is 2.14. The highest BCUT2D eigenvalue weighted by Crippen LogP contribution is 2.12. The van der Waals surface area contributed by atoms with Crippen molar-refractivity contribution in [3.63, 3.8) is 0 Å². The van der Waals surface area contributed by atoms with Crippen molar-refractivity contribution in [2.24, 2.45) is 11.5 Å². The van der Waals surface area contributed by atoms with E-state index in [9.17, 15) is 9.59 Å². The van der Waals surface area contributed by atoms with Crippen LogP contribution in [0.3, 0.4) is 0 Å². The summed E-state index contributed by atoms with van der Waals surface area (Å²) in [5, 5.41) is 18.0. The Bertz CT molecular complexity index is 681. The summed E-state index contributed by atoms with van der Waals surface area (Å²) in [6.07, 6.45) is 0.819. The van der Waals surface area contributed by atoms with E-state index in [1.54, 1.807) is 48.5 Å². The molecule has 2 rings (SSSR count). The third kappa shape index (κ3) is 8.07. The maximum Gasteiger partial charge on any atom is 0.322 e. The minimum atomic E-state index is -0.649. The van der Waals surface area contributed by atoms with Gasteiger partial charge in [0.15, 0.2) is 0 Å². The van der Waals surface area contributed by atoms with Crippen LogP contribution in [0.2, 0.25) is 0 Å². The Balaban J connectivity index is 0.000000280. The Morgan fingerprint density at radius 2 is 1.04 bits per heavy atom. The minimum absolute atomic E-state index is 0.195. The molecule has 0 aliphatic rings.